The molecule has 2 rings (SSSR count). The number of ether oxygens (including phenoxy) is 1. The Kier molecular flexibility index (Phi) is 8.13. The van der Waals surface area contributed by atoms with E-state index in [4.69, 9.17) is 6.57 Å². The Bertz CT molecular complexity index is 840. The van der Waals surface area contributed by atoms with Crippen LogP contribution in [0.1, 0.15) is 20.4 Å². The first-order chi connectivity index (χ1) is 11.1. The van der Waals surface area contributed by atoms with Gasteiger partial charge >= 0.3 is 57.4 Å². The fraction of sp³-hybridized carbons (Fsp3) is 0. The SMILES string of the molecule is [C-]#[N+]/C(C(=O)OC=C)=C(/c1ccccn1)c1ncc(C(=O)[O-])s1.[K+]. The van der Waals surface area contributed by atoms with Crippen molar-refractivity contribution in [1.82, 2.24) is 9.97 Å². The molecule has 0 aliphatic rings. The van der Waals surface area contributed by atoms with Gasteiger partial charge in [-0.3, -0.25) is 9.78 Å². The first kappa shape index (κ1) is 20.4. The number of nitrogens with zero attached hydrogens (tertiary/aromatic N) is 3. The number of aromatic nitrogens is 2. The smallest absolute Gasteiger partial charge is 0.544 e. The number of hydrogen-bond donors (Lipinski definition) is 0. The molecule has 0 fully saturated rings. The molecule has 2 aromatic heterocycles. The molecular weight excluding hydrogens is 357 g/mol. The number of carbonyl (C=O) groups excluding carboxylic acids is 2. The Balaban J connectivity index is 0.00000288. The number of pyridine rings is 1. The molecule has 0 unspecified atom stereocenters. The van der Waals surface area contributed by atoms with Crippen LogP contribution in [0.2, 0.25) is 0 Å². The molecule has 0 aromatic carbocycles. The zero-order chi connectivity index (χ0) is 16.8. The second-order valence-electron chi connectivity index (χ2n) is 3.94. The Hall–Kier alpha value is -1.67. The van der Waals surface area contributed by atoms with Crippen molar-refractivity contribution in [1.29, 1.82) is 0 Å². The van der Waals surface area contributed by atoms with Crippen molar-refractivity contribution < 1.29 is 70.8 Å². The van der Waals surface area contributed by atoms with E-state index in [1.807, 2.05) is 0 Å². The average molecular weight is 365 g/mol. The molecule has 24 heavy (non-hydrogen) atoms. The van der Waals surface area contributed by atoms with E-state index >= 15 is 0 Å². The fourth-order valence-corrected chi connectivity index (χ4v) is 2.47. The predicted octanol–water partition coefficient (Wildman–Crippen LogP) is -1.73. The van der Waals surface area contributed by atoms with Gasteiger partial charge in [-0.25, -0.2) is 9.83 Å². The number of rotatable bonds is 5. The van der Waals surface area contributed by atoms with E-state index in [0.29, 0.717) is 5.69 Å². The van der Waals surface area contributed by atoms with E-state index in [-0.39, 0.29) is 72.5 Å². The van der Waals surface area contributed by atoms with Crippen molar-refractivity contribution in [2.75, 3.05) is 0 Å². The van der Waals surface area contributed by atoms with Crippen LogP contribution in [0, 0.1) is 6.57 Å². The van der Waals surface area contributed by atoms with Crippen molar-refractivity contribution in [3.05, 3.63) is 76.1 Å². The van der Waals surface area contributed by atoms with Gasteiger partial charge in [0.1, 0.15) is 5.01 Å². The van der Waals surface area contributed by atoms with Crippen LogP contribution in [0.5, 0.6) is 0 Å². The third-order valence-electron chi connectivity index (χ3n) is 2.57. The van der Waals surface area contributed by atoms with Gasteiger partial charge in [0.25, 0.3) is 5.70 Å². The summed E-state index contributed by atoms with van der Waals surface area (Å²) in [7, 11) is 0. The fourth-order valence-electron chi connectivity index (χ4n) is 1.66. The minimum absolute atomic E-state index is 0. The average Bonchev–Trinajstić information content (AvgIpc) is 3.03. The van der Waals surface area contributed by atoms with Gasteiger partial charge in [-0.15, -0.1) is 11.3 Å². The number of carbonyl (C=O) groups is 2. The molecule has 114 valence electrons. The van der Waals surface area contributed by atoms with Crippen LogP contribution in [0.25, 0.3) is 10.4 Å². The number of esters is 1. The van der Waals surface area contributed by atoms with Gasteiger partial charge in [0.05, 0.1) is 29.4 Å². The number of thiazole rings is 1. The van der Waals surface area contributed by atoms with Gasteiger partial charge in [-0.1, -0.05) is 12.6 Å². The normalized spacial score (nSPS) is 10.6. The zero-order valence-corrected chi connectivity index (χ0v) is 16.5. The topological polar surface area (TPSA) is 96.6 Å². The number of carboxylic acids is 1. The van der Waals surface area contributed by atoms with Gasteiger partial charge in [-0.05, 0) is 12.1 Å². The first-order valence-corrected chi connectivity index (χ1v) is 6.92. The molecule has 2 heterocycles. The maximum Gasteiger partial charge on any atom is 1.00 e. The maximum absolute atomic E-state index is 12.0. The van der Waals surface area contributed by atoms with Crippen LogP contribution < -0.4 is 56.5 Å². The van der Waals surface area contributed by atoms with E-state index in [1.54, 1.807) is 18.2 Å². The monoisotopic (exact) mass is 365 g/mol. The van der Waals surface area contributed by atoms with Gasteiger partial charge in [0.15, 0.2) is 0 Å². The molecule has 0 aliphatic heterocycles. The second kappa shape index (κ2) is 9.58. The third-order valence-corrected chi connectivity index (χ3v) is 3.57. The quantitative estimate of drug-likeness (QED) is 0.205. The van der Waals surface area contributed by atoms with Crippen molar-refractivity contribution in [2.24, 2.45) is 0 Å². The second-order valence-corrected chi connectivity index (χ2v) is 4.97. The summed E-state index contributed by atoms with van der Waals surface area (Å²) < 4.78 is 4.65. The summed E-state index contributed by atoms with van der Waals surface area (Å²) in [6.07, 6.45) is 3.47. The number of aromatic carboxylic acids is 1. The maximum atomic E-state index is 12.0. The summed E-state index contributed by atoms with van der Waals surface area (Å²) in [5.41, 5.74) is 0.00607. The number of carboxylic acid groups (broad SMARTS) is 1. The third kappa shape index (κ3) is 4.67. The van der Waals surface area contributed by atoms with Crippen molar-refractivity contribution in [2.45, 2.75) is 0 Å². The van der Waals surface area contributed by atoms with Crippen molar-refractivity contribution in [3.8, 4) is 0 Å². The number of hydrogen-bond acceptors (Lipinski definition) is 7. The predicted molar refractivity (Wildman–Crippen MR) is 79.6 cm³/mol. The minimum atomic E-state index is -1.40. The van der Waals surface area contributed by atoms with Gasteiger partial charge in [-0.2, -0.15) is 0 Å². The summed E-state index contributed by atoms with van der Waals surface area (Å²) in [5, 5.41) is 11.1. The van der Waals surface area contributed by atoms with Crippen molar-refractivity contribution >= 4 is 28.8 Å². The van der Waals surface area contributed by atoms with Crippen molar-refractivity contribution in [3.63, 3.8) is 0 Å². The summed E-state index contributed by atoms with van der Waals surface area (Å²) in [6, 6.07) is 4.90. The molecule has 0 atom stereocenters. The summed E-state index contributed by atoms with van der Waals surface area (Å²) in [4.78, 5) is 34.0. The Morgan fingerprint density at radius 2 is 2.12 bits per heavy atom. The van der Waals surface area contributed by atoms with Crippen LogP contribution in [-0.2, 0) is 9.53 Å². The molecule has 0 N–H and O–H groups in total. The van der Waals surface area contributed by atoms with E-state index in [2.05, 4.69) is 26.1 Å². The first-order valence-electron chi connectivity index (χ1n) is 6.11. The van der Waals surface area contributed by atoms with Gasteiger partial charge in [0, 0.05) is 18.0 Å². The molecule has 9 heteroatoms. The van der Waals surface area contributed by atoms with Crippen LogP contribution in [0.4, 0.5) is 0 Å². The standard InChI is InChI=1S/C15H9N3O4S.K/c1-3-22-15(21)12(16-2)11(9-6-4-5-7-17-9)13-18-8-10(23-13)14(19)20;/h3-8H,1H2,(H,19,20);/q;+1/p-1/b12-11-;. The largest absolute Gasteiger partial charge is 1.00 e. The zero-order valence-electron chi connectivity index (χ0n) is 12.6. The molecule has 0 saturated carbocycles. The van der Waals surface area contributed by atoms with Gasteiger partial charge in [0.2, 0.25) is 0 Å². The minimum Gasteiger partial charge on any atom is -0.544 e. The van der Waals surface area contributed by atoms with Crippen LogP contribution in [-0.4, -0.2) is 21.9 Å². The van der Waals surface area contributed by atoms with Crippen LogP contribution >= 0.6 is 11.3 Å². The molecule has 0 amide bonds. The Morgan fingerprint density at radius 3 is 2.62 bits per heavy atom. The van der Waals surface area contributed by atoms with Crippen LogP contribution in [0.3, 0.4) is 0 Å². The van der Waals surface area contributed by atoms with Crippen LogP contribution in [0.15, 0.2) is 49.1 Å². The Morgan fingerprint density at radius 1 is 1.38 bits per heavy atom. The molecule has 0 bridgehead atoms. The molecule has 2 aromatic rings. The van der Waals surface area contributed by atoms with E-state index in [9.17, 15) is 14.7 Å². The summed E-state index contributed by atoms with van der Waals surface area (Å²) in [5.74, 6) is -2.33. The molecule has 0 saturated heterocycles. The van der Waals surface area contributed by atoms with E-state index < -0.39 is 11.9 Å². The molecule has 7 nitrogen and oxygen atoms in total. The van der Waals surface area contributed by atoms with E-state index in [1.165, 1.54) is 6.20 Å². The molecule has 0 spiro atoms. The molecular formula is C15H8KN3O4S. The summed E-state index contributed by atoms with van der Waals surface area (Å²) in [6.45, 7) is 10.5. The van der Waals surface area contributed by atoms with E-state index in [0.717, 1.165) is 23.8 Å². The van der Waals surface area contributed by atoms with Gasteiger partial charge < -0.3 is 14.6 Å². The summed E-state index contributed by atoms with van der Waals surface area (Å²) >= 11 is 0.775. The molecule has 0 aliphatic carbocycles. The molecule has 0 radical (unpaired) electrons. The Labute approximate surface area is 183 Å².